The number of benzene rings is 1. The number of ether oxygens (including phenoxy) is 3. The molecule has 1 aromatic heterocycles. The van der Waals surface area contributed by atoms with Gasteiger partial charge in [-0.15, -0.1) is 11.3 Å². The Kier molecular flexibility index (Phi) is 7.07. The van der Waals surface area contributed by atoms with Gasteiger partial charge in [-0.1, -0.05) is 18.2 Å². The van der Waals surface area contributed by atoms with Crippen LogP contribution in [0.3, 0.4) is 0 Å². The second-order valence-electron chi connectivity index (χ2n) is 6.04. The minimum atomic E-state index is -3.63. The first-order chi connectivity index (χ1) is 13.9. The van der Waals surface area contributed by atoms with Crippen molar-refractivity contribution in [2.24, 2.45) is 0 Å². The maximum absolute atomic E-state index is 11.9. The van der Waals surface area contributed by atoms with Crippen molar-refractivity contribution in [1.82, 2.24) is 10.0 Å². The molecule has 1 atom stereocenters. The normalized spacial score (nSPS) is 15.5. The Bertz CT molecular complexity index is 945. The number of rotatable bonds is 9. The average Bonchev–Trinajstić information content (AvgIpc) is 3.26. The summed E-state index contributed by atoms with van der Waals surface area (Å²) in [5.41, 5.74) is 0. The lowest BCUT2D eigenvalue weighted by molar-refractivity contribution is -0.148. The van der Waals surface area contributed by atoms with Crippen LogP contribution in [0.25, 0.3) is 0 Å². The number of hydrogen-bond acceptors (Lipinski definition) is 8. The monoisotopic (exact) mass is 440 g/mol. The third kappa shape index (κ3) is 6.17. The molecule has 0 fully saturated rings. The third-order valence-corrected chi connectivity index (χ3v) is 6.70. The first-order valence-electron chi connectivity index (χ1n) is 8.78. The number of esters is 1. The van der Waals surface area contributed by atoms with Crippen LogP contribution in [-0.2, 0) is 24.3 Å². The van der Waals surface area contributed by atoms with E-state index in [0.29, 0.717) is 18.1 Å². The minimum absolute atomic E-state index is 0.118. The van der Waals surface area contributed by atoms with Gasteiger partial charge in [0.05, 0.1) is 13.0 Å². The van der Waals surface area contributed by atoms with Crippen LogP contribution in [0.4, 0.5) is 0 Å². The van der Waals surface area contributed by atoms with E-state index in [-0.39, 0.29) is 29.8 Å². The molecule has 0 saturated heterocycles. The zero-order valence-electron chi connectivity index (χ0n) is 15.3. The van der Waals surface area contributed by atoms with Gasteiger partial charge < -0.3 is 19.5 Å². The predicted molar refractivity (Wildman–Crippen MR) is 104 cm³/mol. The molecule has 29 heavy (non-hydrogen) atoms. The van der Waals surface area contributed by atoms with Gasteiger partial charge >= 0.3 is 5.97 Å². The van der Waals surface area contributed by atoms with Gasteiger partial charge in [-0.05, 0) is 23.6 Å². The van der Waals surface area contributed by atoms with Crippen LogP contribution in [0.2, 0.25) is 0 Å². The van der Waals surface area contributed by atoms with Crippen molar-refractivity contribution in [2.75, 3.05) is 26.3 Å². The third-order valence-electron chi connectivity index (χ3n) is 3.84. The quantitative estimate of drug-likeness (QED) is 0.556. The van der Waals surface area contributed by atoms with Gasteiger partial charge in [0.15, 0.2) is 18.1 Å². The first-order valence-corrected chi connectivity index (χ1v) is 11.1. The molecule has 156 valence electrons. The zero-order chi connectivity index (χ0) is 20.7. The average molecular weight is 440 g/mol. The van der Waals surface area contributed by atoms with Gasteiger partial charge in [-0.3, -0.25) is 9.59 Å². The smallest absolute Gasteiger partial charge is 0.307 e. The lowest BCUT2D eigenvalue weighted by Gasteiger charge is -2.26. The lowest BCUT2D eigenvalue weighted by atomic mass is 10.2. The van der Waals surface area contributed by atoms with Gasteiger partial charge in [0, 0.05) is 6.54 Å². The molecule has 1 amide bonds. The van der Waals surface area contributed by atoms with E-state index in [1.165, 1.54) is 6.07 Å². The molecule has 0 bridgehead atoms. The Morgan fingerprint density at radius 3 is 2.72 bits per heavy atom. The summed E-state index contributed by atoms with van der Waals surface area (Å²) in [6.45, 7) is -0.0825. The highest BCUT2D eigenvalue weighted by atomic mass is 32.2. The van der Waals surface area contributed by atoms with Crippen LogP contribution in [0.15, 0.2) is 46.0 Å². The molecule has 0 spiro atoms. The minimum Gasteiger partial charge on any atom is -0.486 e. The summed E-state index contributed by atoms with van der Waals surface area (Å²) in [4.78, 5) is 23.5. The molecule has 0 radical (unpaired) electrons. The predicted octanol–water partition coefficient (Wildman–Crippen LogP) is 0.916. The number of fused-ring (bicyclic) bond motifs is 1. The second-order valence-corrected chi connectivity index (χ2v) is 8.98. The van der Waals surface area contributed by atoms with Crippen molar-refractivity contribution in [3.63, 3.8) is 0 Å². The highest BCUT2D eigenvalue weighted by Gasteiger charge is 2.21. The highest BCUT2D eigenvalue weighted by molar-refractivity contribution is 7.91. The fraction of sp³-hybridized carbons (Fsp3) is 0.333. The first kappa shape index (κ1) is 21.1. The molecule has 1 aliphatic heterocycles. The van der Waals surface area contributed by atoms with E-state index in [2.05, 4.69) is 10.0 Å². The standard InChI is InChI=1S/C18H20N2O7S2/c21-16(19-10-13-11-25-14-4-1-2-5-15(14)27-13)12-26-17(22)7-8-20-29(23,24)18-6-3-9-28-18/h1-6,9,13,20H,7-8,10-12H2,(H,19,21). The van der Waals surface area contributed by atoms with Crippen molar-refractivity contribution < 1.29 is 32.2 Å². The van der Waals surface area contributed by atoms with Gasteiger partial charge in [-0.2, -0.15) is 0 Å². The molecule has 1 unspecified atom stereocenters. The molecular formula is C18H20N2O7S2. The molecular weight excluding hydrogens is 420 g/mol. The van der Waals surface area contributed by atoms with Crippen LogP contribution in [-0.4, -0.2) is 52.7 Å². The molecule has 9 nitrogen and oxygen atoms in total. The van der Waals surface area contributed by atoms with Crippen LogP contribution in [0.1, 0.15) is 6.42 Å². The van der Waals surface area contributed by atoms with Crippen LogP contribution >= 0.6 is 11.3 Å². The Balaban J connectivity index is 1.31. The molecule has 11 heteroatoms. The summed E-state index contributed by atoms with van der Waals surface area (Å²) in [6, 6.07) is 10.3. The van der Waals surface area contributed by atoms with Gasteiger partial charge in [-0.25, -0.2) is 13.1 Å². The van der Waals surface area contributed by atoms with Crippen LogP contribution in [0.5, 0.6) is 11.5 Å². The van der Waals surface area contributed by atoms with E-state index >= 15 is 0 Å². The Hall–Kier alpha value is -2.63. The maximum atomic E-state index is 11.9. The van der Waals surface area contributed by atoms with Crippen LogP contribution < -0.4 is 19.5 Å². The summed E-state index contributed by atoms with van der Waals surface area (Å²) in [6.07, 6.45) is -0.537. The number of hydrogen-bond donors (Lipinski definition) is 2. The van der Waals surface area contributed by atoms with Crippen molar-refractivity contribution in [3.05, 3.63) is 41.8 Å². The van der Waals surface area contributed by atoms with E-state index in [1.807, 2.05) is 12.1 Å². The fourth-order valence-corrected chi connectivity index (χ4v) is 4.50. The molecule has 3 rings (SSSR count). The maximum Gasteiger partial charge on any atom is 0.307 e. The van der Waals surface area contributed by atoms with E-state index in [9.17, 15) is 18.0 Å². The number of para-hydroxylation sites is 2. The molecule has 0 aliphatic carbocycles. The van der Waals surface area contributed by atoms with Gasteiger partial charge in [0.25, 0.3) is 5.91 Å². The SMILES string of the molecule is O=C(COC(=O)CCNS(=O)(=O)c1cccs1)NCC1COc2ccccc2O1. The van der Waals surface area contributed by atoms with Crippen molar-refractivity contribution >= 4 is 33.2 Å². The summed E-state index contributed by atoms with van der Waals surface area (Å²) in [5, 5.41) is 4.25. The highest BCUT2D eigenvalue weighted by Crippen LogP contribution is 2.30. The summed E-state index contributed by atoms with van der Waals surface area (Å²) in [7, 11) is -3.63. The summed E-state index contributed by atoms with van der Waals surface area (Å²) >= 11 is 1.08. The van der Waals surface area contributed by atoms with Crippen molar-refractivity contribution in [1.29, 1.82) is 0 Å². The number of carbonyl (C=O) groups excluding carboxylic acids is 2. The molecule has 2 heterocycles. The van der Waals surface area contributed by atoms with Crippen molar-refractivity contribution in [3.8, 4) is 11.5 Å². The number of carbonyl (C=O) groups is 2. The Morgan fingerprint density at radius 2 is 1.97 bits per heavy atom. The fourth-order valence-electron chi connectivity index (χ4n) is 2.44. The number of sulfonamides is 1. The number of amides is 1. The second kappa shape index (κ2) is 9.72. The summed E-state index contributed by atoms with van der Waals surface area (Å²) in [5.74, 6) is 0.0910. The van der Waals surface area contributed by atoms with E-state index in [4.69, 9.17) is 14.2 Å². The van der Waals surface area contributed by atoms with Gasteiger partial charge in [0.2, 0.25) is 10.0 Å². The lowest BCUT2D eigenvalue weighted by Crippen LogP contribution is -2.42. The topological polar surface area (TPSA) is 120 Å². The summed E-state index contributed by atoms with van der Waals surface area (Å²) < 4.78 is 42.4. The van der Waals surface area contributed by atoms with E-state index < -0.39 is 28.5 Å². The Morgan fingerprint density at radius 1 is 1.17 bits per heavy atom. The van der Waals surface area contributed by atoms with Gasteiger partial charge in [0.1, 0.15) is 16.9 Å². The molecule has 1 aromatic carbocycles. The van der Waals surface area contributed by atoms with Crippen molar-refractivity contribution in [2.45, 2.75) is 16.7 Å². The number of nitrogens with one attached hydrogen (secondary N) is 2. The van der Waals surface area contributed by atoms with E-state index in [1.54, 1.807) is 23.6 Å². The number of thiophene rings is 1. The van der Waals surface area contributed by atoms with Crippen LogP contribution in [0, 0.1) is 0 Å². The molecule has 2 N–H and O–H groups in total. The Labute approximate surface area is 172 Å². The van der Waals surface area contributed by atoms with E-state index in [0.717, 1.165) is 11.3 Å². The largest absolute Gasteiger partial charge is 0.486 e. The molecule has 2 aromatic rings. The molecule has 1 aliphatic rings. The molecule has 0 saturated carbocycles. The zero-order valence-corrected chi connectivity index (χ0v) is 17.0.